The van der Waals surface area contributed by atoms with Crippen LogP contribution in [-0.2, 0) is 9.59 Å². The lowest BCUT2D eigenvalue weighted by Crippen LogP contribution is -2.39. The zero-order chi connectivity index (χ0) is 31.5. The minimum Gasteiger partial charge on any atom is -0.508 e. The first-order valence-electron chi connectivity index (χ1n) is 14.2. The molecule has 1 saturated heterocycles. The van der Waals surface area contributed by atoms with Crippen molar-refractivity contribution < 1.29 is 40.1 Å². The maximum absolute atomic E-state index is 13.7. The number of halogens is 1. The maximum atomic E-state index is 13.7. The van der Waals surface area contributed by atoms with Gasteiger partial charge < -0.3 is 30.5 Å². The van der Waals surface area contributed by atoms with E-state index in [9.17, 15) is 40.1 Å². The highest BCUT2D eigenvalue weighted by atomic mass is 35.5. The number of anilines is 1. The molecule has 1 aliphatic carbocycles. The lowest BCUT2D eigenvalue weighted by Gasteiger charge is -2.36. The second kappa shape index (κ2) is 13.4. The number of pyridine rings is 1. The number of aromatic nitrogens is 1. The number of phenols is 1. The summed E-state index contributed by atoms with van der Waals surface area (Å²) in [7, 11) is -1.80. The number of phenolic OH excluding ortho intramolecular Hbond substituents is 1. The maximum Gasteiger partial charge on any atom is 0.488 e. The van der Waals surface area contributed by atoms with E-state index in [4.69, 9.17) is 11.6 Å². The molecular weight excluding hydrogens is 587 g/mol. The van der Waals surface area contributed by atoms with E-state index in [0.29, 0.717) is 33.8 Å². The van der Waals surface area contributed by atoms with Crippen LogP contribution in [0.1, 0.15) is 30.5 Å². The molecule has 228 valence electrons. The third-order valence-electron chi connectivity index (χ3n) is 8.35. The van der Waals surface area contributed by atoms with Gasteiger partial charge in [-0.25, -0.2) is 0 Å². The molecule has 1 aromatic heterocycles. The van der Waals surface area contributed by atoms with Gasteiger partial charge in [0.25, 0.3) is 0 Å². The molecule has 2 aliphatic rings. The fourth-order valence-electron chi connectivity index (χ4n) is 6.28. The van der Waals surface area contributed by atoms with E-state index in [1.54, 1.807) is 18.3 Å². The van der Waals surface area contributed by atoms with Gasteiger partial charge in [0, 0.05) is 12.1 Å². The van der Waals surface area contributed by atoms with Gasteiger partial charge in [-0.3, -0.25) is 19.5 Å². The summed E-state index contributed by atoms with van der Waals surface area (Å²) >= 11 is 6.35. The Bertz CT molecular complexity index is 1610. The van der Waals surface area contributed by atoms with Crippen LogP contribution in [0.5, 0.6) is 5.75 Å². The van der Waals surface area contributed by atoms with E-state index < -0.39 is 56.0 Å². The van der Waals surface area contributed by atoms with Gasteiger partial charge in [-0.2, -0.15) is 0 Å². The van der Waals surface area contributed by atoms with Crippen LogP contribution in [0, 0.1) is 17.8 Å². The molecule has 0 radical (unpaired) electrons. The van der Waals surface area contributed by atoms with E-state index in [1.807, 2.05) is 18.2 Å². The fraction of sp³-hybridized carbons (Fsp3) is 0.281. The van der Waals surface area contributed by atoms with E-state index in [-0.39, 0.29) is 29.7 Å². The Morgan fingerprint density at radius 1 is 1.07 bits per heavy atom. The summed E-state index contributed by atoms with van der Waals surface area (Å²) in [6, 6.07) is 15.8. The number of aliphatic hydroxyl groups is 3. The summed E-state index contributed by atoms with van der Waals surface area (Å²) in [5.41, 5.74) is 3.02. The molecule has 2 aromatic carbocycles. The molecule has 1 fully saturated rings. The first-order chi connectivity index (χ1) is 21.1. The highest BCUT2D eigenvalue weighted by Gasteiger charge is 2.55. The van der Waals surface area contributed by atoms with Gasteiger partial charge in [-0.05, 0) is 95.5 Å². The highest BCUT2D eigenvalue weighted by Crippen LogP contribution is 2.47. The predicted octanol–water partition coefficient (Wildman–Crippen LogP) is 1.91. The van der Waals surface area contributed by atoms with Gasteiger partial charge in [-0.1, -0.05) is 29.8 Å². The van der Waals surface area contributed by atoms with Gasteiger partial charge in [0.1, 0.15) is 5.75 Å². The number of imide groups is 1. The Morgan fingerprint density at radius 3 is 2.52 bits per heavy atom. The number of carbonyl (C=O) groups excluding carboxylic acids is 2. The number of hydrogen-bond donors (Lipinski definition) is 6. The van der Waals surface area contributed by atoms with E-state index in [1.165, 1.54) is 36.4 Å². The quantitative estimate of drug-likeness (QED) is 0.113. The Balaban J connectivity index is 1.44. The van der Waals surface area contributed by atoms with Crippen LogP contribution in [0.3, 0.4) is 0 Å². The normalized spacial score (nSPS) is 21.1. The van der Waals surface area contributed by atoms with Crippen molar-refractivity contribution >= 4 is 53.3 Å². The number of rotatable bonds is 10. The average Bonchev–Trinajstić information content (AvgIpc) is 3.28. The van der Waals surface area contributed by atoms with Crippen LogP contribution < -0.4 is 10.4 Å². The minimum atomic E-state index is -1.80. The number of amides is 2. The first kappa shape index (κ1) is 31.6. The molecule has 2 amide bonds. The van der Waals surface area contributed by atoms with E-state index >= 15 is 0 Å². The van der Waals surface area contributed by atoms with Crippen molar-refractivity contribution in [2.24, 2.45) is 17.8 Å². The zero-order valence-electron chi connectivity index (χ0n) is 23.6. The minimum absolute atomic E-state index is 0.0216. The summed E-state index contributed by atoms with van der Waals surface area (Å²) in [6.45, 7) is -1.00. The molecule has 3 aromatic rings. The first-order valence-corrected chi connectivity index (χ1v) is 14.6. The predicted molar refractivity (Wildman–Crippen MR) is 166 cm³/mol. The van der Waals surface area contributed by atoms with Gasteiger partial charge in [0.2, 0.25) is 11.8 Å². The van der Waals surface area contributed by atoms with Crippen LogP contribution in [-0.4, -0.2) is 73.7 Å². The summed E-state index contributed by atoms with van der Waals surface area (Å²) in [4.78, 5) is 32.7. The Kier molecular flexibility index (Phi) is 9.64. The molecule has 2 heterocycles. The van der Waals surface area contributed by atoms with Crippen molar-refractivity contribution in [2.75, 3.05) is 18.1 Å². The Morgan fingerprint density at radius 2 is 1.86 bits per heavy atom. The van der Waals surface area contributed by atoms with Crippen molar-refractivity contribution in [1.29, 1.82) is 0 Å². The molecule has 44 heavy (non-hydrogen) atoms. The second-order valence-electron chi connectivity index (χ2n) is 11.0. The van der Waals surface area contributed by atoms with Crippen LogP contribution in [0.2, 0.25) is 5.02 Å². The molecule has 0 unspecified atom stereocenters. The number of aromatic hydroxyl groups is 1. The number of allylic oxidation sites excluding steroid dienone is 1. The fourth-order valence-corrected chi connectivity index (χ4v) is 6.51. The third kappa shape index (κ3) is 6.21. The lowest BCUT2D eigenvalue weighted by atomic mass is 9.68. The summed E-state index contributed by atoms with van der Waals surface area (Å²) in [5, 5.41) is 61.6. The molecule has 12 heteroatoms. The number of aliphatic hydroxyl groups excluding tert-OH is 3. The average molecular weight is 619 g/mol. The number of nitrogens with zero attached hydrogens (tertiary/aromatic N) is 2. The van der Waals surface area contributed by atoms with Crippen molar-refractivity contribution in [3.63, 3.8) is 0 Å². The number of hydrogen-bond acceptors (Lipinski definition) is 9. The largest absolute Gasteiger partial charge is 0.508 e. The Hall–Kier alpha value is -3.84. The monoisotopic (exact) mass is 618 g/mol. The van der Waals surface area contributed by atoms with Gasteiger partial charge in [0.05, 0.1) is 47.6 Å². The van der Waals surface area contributed by atoms with E-state index in [2.05, 4.69) is 4.98 Å². The summed E-state index contributed by atoms with van der Waals surface area (Å²) in [6.07, 6.45) is 2.76. The van der Waals surface area contributed by atoms with E-state index in [0.717, 1.165) is 10.5 Å². The number of benzene rings is 2. The molecule has 4 atom stereocenters. The van der Waals surface area contributed by atoms with Crippen LogP contribution in [0.15, 0.2) is 78.0 Å². The standard InChI is InChI=1S/C32H32BClN2O8/c34-26-15-23(39)9-7-18(26)12-19(27-6-1-2-11-35-27)8-10-28(40)29-20(16-37)13-24-30(25(29)17-38)32(42)36(31(24)41)22-5-3-4-21(14-22)33(43)44/h1-7,9,11-12,14-15,24-25,28,30,37-40,43-44H,8,10,13,16-17H2/b19-12-/t24-,25+,28-,30-/m1/s1. The topological polar surface area (TPSA) is 172 Å². The zero-order valence-corrected chi connectivity index (χ0v) is 24.4. The van der Waals surface area contributed by atoms with Gasteiger partial charge in [0.15, 0.2) is 0 Å². The molecule has 6 N–H and O–H groups in total. The van der Waals surface area contributed by atoms with Crippen molar-refractivity contribution in [2.45, 2.75) is 25.4 Å². The lowest BCUT2D eigenvalue weighted by molar-refractivity contribution is -0.123. The molecular formula is C32H32BClN2O8. The van der Waals surface area contributed by atoms with Crippen molar-refractivity contribution in [3.8, 4) is 5.75 Å². The molecule has 5 rings (SSSR count). The third-order valence-corrected chi connectivity index (χ3v) is 8.68. The van der Waals surface area contributed by atoms with Crippen molar-refractivity contribution in [1.82, 2.24) is 4.98 Å². The van der Waals surface area contributed by atoms with Crippen LogP contribution >= 0.6 is 11.6 Å². The van der Waals surface area contributed by atoms with Gasteiger partial charge >= 0.3 is 7.12 Å². The molecule has 0 spiro atoms. The molecule has 1 aliphatic heterocycles. The van der Waals surface area contributed by atoms with Crippen LogP contribution in [0.25, 0.3) is 11.6 Å². The molecule has 0 bridgehead atoms. The van der Waals surface area contributed by atoms with Crippen LogP contribution in [0.4, 0.5) is 5.69 Å². The number of fused-ring (bicyclic) bond motifs is 1. The smallest absolute Gasteiger partial charge is 0.488 e. The molecule has 10 nitrogen and oxygen atoms in total. The second-order valence-corrected chi connectivity index (χ2v) is 11.4. The van der Waals surface area contributed by atoms with Crippen molar-refractivity contribution in [3.05, 3.63) is 94.3 Å². The van der Waals surface area contributed by atoms with Gasteiger partial charge in [-0.15, -0.1) is 0 Å². The SMILES string of the molecule is O=C1[C@@H]2[C@@H](CC(CO)=C([C@H](O)CC/C(=C/c3ccc(O)cc3Cl)c3ccccn3)[C@@H]2CO)C(=O)N1c1cccc(B(O)O)c1. The summed E-state index contributed by atoms with van der Waals surface area (Å²) in [5.74, 6) is -3.83. The molecule has 0 saturated carbocycles. The summed E-state index contributed by atoms with van der Waals surface area (Å²) < 4.78 is 0. The Labute approximate surface area is 259 Å². The highest BCUT2D eigenvalue weighted by molar-refractivity contribution is 6.58. The number of carbonyl (C=O) groups is 2.